The van der Waals surface area contributed by atoms with Crippen LogP contribution in [0.5, 0.6) is 0 Å². The number of carbonyl (C=O) groups excluding carboxylic acids is 2. The molecule has 0 aromatic heterocycles. The summed E-state index contributed by atoms with van der Waals surface area (Å²) in [5.41, 5.74) is 0. The van der Waals surface area contributed by atoms with Crippen LogP contribution in [0.1, 0.15) is 0 Å². The first-order valence-corrected chi connectivity index (χ1v) is 2.21. The second-order valence-electron chi connectivity index (χ2n) is 1.05. The average molecular weight is 282 g/mol. The Labute approximate surface area is 98.0 Å². The second kappa shape index (κ2) is 12.5. The number of hydrogen-bond acceptors (Lipinski definition) is 4. The fourth-order valence-corrected chi connectivity index (χ4v) is 0. The van der Waals surface area contributed by atoms with Crippen molar-refractivity contribution in [2.24, 2.45) is 0 Å². The molecular formula is C6H6CeO4. The largest absolute Gasteiger partial charge is 2.00 e. The maximum Gasteiger partial charge on any atom is 2.00 e. The van der Waals surface area contributed by atoms with E-state index in [1.807, 2.05) is 0 Å². The summed E-state index contributed by atoms with van der Waals surface area (Å²) in [7, 11) is 0. The molecule has 0 aromatic carbocycles. The predicted octanol–water partition coefficient (Wildman–Crippen LogP) is -2.16. The summed E-state index contributed by atoms with van der Waals surface area (Å²) >= 11 is 0. The van der Waals surface area contributed by atoms with Gasteiger partial charge in [0.1, 0.15) is 0 Å². The monoisotopic (exact) mass is 282 g/mol. The van der Waals surface area contributed by atoms with Crippen molar-refractivity contribution in [3.05, 3.63) is 25.3 Å². The molecule has 0 aliphatic rings. The molecule has 0 fully saturated rings. The molecule has 0 bridgehead atoms. The van der Waals surface area contributed by atoms with Gasteiger partial charge in [0, 0.05) is 0 Å². The number of hydrogen-bond donors (Lipinski definition) is 0. The molecule has 58 valence electrons. The Hall–Kier alpha value is -0.203. The van der Waals surface area contributed by atoms with E-state index in [2.05, 4.69) is 13.2 Å². The summed E-state index contributed by atoms with van der Waals surface area (Å²) in [6.07, 6.45) is 1.44. The first kappa shape index (κ1) is 17.0. The molecule has 0 atom stereocenters. The Balaban J connectivity index is -0.000000107. The number of carboxylic acid groups (broad SMARTS) is 2. The molecule has 0 heterocycles. The van der Waals surface area contributed by atoms with E-state index in [9.17, 15) is 0 Å². The van der Waals surface area contributed by atoms with E-state index < -0.39 is 11.9 Å². The first-order valence-electron chi connectivity index (χ1n) is 2.21. The SMILES string of the molecule is C=CC(=O)[O-].C=CC(=O)[O-].[Ce+2]. The average Bonchev–Trinajstić information content (AvgIpc) is 1.89. The normalized spacial score (nSPS) is 5.82. The fourth-order valence-electron chi connectivity index (χ4n) is 0. The standard InChI is InChI=1S/2C3H4O2.Ce/c2*1-2-3(4)5;/h2*2H,1H2,(H,4,5);/q;;+2/p-2. The Morgan fingerprint density at radius 2 is 1.09 bits per heavy atom. The predicted molar refractivity (Wildman–Crippen MR) is 30.4 cm³/mol. The Morgan fingerprint density at radius 1 is 1.00 bits per heavy atom. The van der Waals surface area contributed by atoms with Crippen molar-refractivity contribution in [1.82, 2.24) is 0 Å². The minimum Gasteiger partial charge on any atom is -0.545 e. The van der Waals surface area contributed by atoms with E-state index in [1.165, 1.54) is 0 Å². The molecule has 0 saturated carbocycles. The van der Waals surface area contributed by atoms with E-state index >= 15 is 0 Å². The van der Waals surface area contributed by atoms with Crippen molar-refractivity contribution < 1.29 is 61.5 Å². The maximum absolute atomic E-state index is 9.14. The van der Waals surface area contributed by atoms with Gasteiger partial charge < -0.3 is 19.8 Å². The molecule has 0 spiro atoms. The molecule has 0 N–H and O–H groups in total. The third kappa shape index (κ3) is 41.3. The number of carbonyl (C=O) groups is 2. The van der Waals surface area contributed by atoms with Crippen LogP contribution in [-0.2, 0) is 9.59 Å². The summed E-state index contributed by atoms with van der Waals surface area (Å²) in [5.74, 6) is -2.46. The van der Waals surface area contributed by atoms with Crippen LogP contribution < -0.4 is 10.2 Å². The van der Waals surface area contributed by atoms with Crippen LogP contribution in [0.15, 0.2) is 25.3 Å². The minimum absolute atomic E-state index is 0. The molecule has 0 radical (unpaired) electrons. The van der Waals surface area contributed by atoms with Gasteiger partial charge in [0.25, 0.3) is 0 Å². The maximum atomic E-state index is 9.14. The van der Waals surface area contributed by atoms with Gasteiger partial charge in [-0.25, -0.2) is 0 Å². The molecule has 0 saturated heterocycles. The van der Waals surface area contributed by atoms with Crippen molar-refractivity contribution in [2.45, 2.75) is 0 Å². The summed E-state index contributed by atoms with van der Waals surface area (Å²) in [4.78, 5) is 18.3. The van der Waals surface area contributed by atoms with Gasteiger partial charge in [-0.05, 0) is 12.2 Å². The van der Waals surface area contributed by atoms with Gasteiger partial charge >= 0.3 is 41.7 Å². The zero-order valence-corrected chi connectivity index (χ0v) is 8.84. The third-order valence-corrected chi connectivity index (χ3v) is 0.333. The zero-order valence-electron chi connectivity index (χ0n) is 5.70. The molecule has 0 unspecified atom stereocenters. The van der Waals surface area contributed by atoms with Gasteiger partial charge in [0.2, 0.25) is 0 Å². The molecule has 0 rings (SSSR count). The molecular weight excluding hydrogens is 276 g/mol. The van der Waals surface area contributed by atoms with E-state index in [0.29, 0.717) is 0 Å². The van der Waals surface area contributed by atoms with Crippen molar-refractivity contribution in [2.75, 3.05) is 0 Å². The van der Waals surface area contributed by atoms with Crippen LogP contribution in [0, 0.1) is 41.7 Å². The zero-order chi connectivity index (χ0) is 8.57. The minimum atomic E-state index is -1.23. The van der Waals surface area contributed by atoms with Crippen LogP contribution in [0.2, 0.25) is 0 Å². The molecule has 0 aliphatic heterocycles. The number of carboxylic acids is 2. The van der Waals surface area contributed by atoms with Gasteiger partial charge in [-0.1, -0.05) is 13.2 Å². The van der Waals surface area contributed by atoms with Crippen LogP contribution in [0.4, 0.5) is 0 Å². The number of rotatable bonds is 2. The van der Waals surface area contributed by atoms with Gasteiger partial charge in [0.15, 0.2) is 0 Å². The summed E-state index contributed by atoms with van der Waals surface area (Å²) in [6, 6.07) is 0. The fraction of sp³-hybridized carbons (Fsp3) is 0. The number of aliphatic carboxylic acids is 2. The Kier molecular flexibility index (Phi) is 19.3. The molecule has 11 heavy (non-hydrogen) atoms. The molecule has 0 amide bonds. The second-order valence-corrected chi connectivity index (χ2v) is 1.05. The Bertz CT molecular complexity index is 135. The summed E-state index contributed by atoms with van der Waals surface area (Å²) in [6.45, 7) is 5.80. The van der Waals surface area contributed by atoms with Crippen LogP contribution in [0.25, 0.3) is 0 Å². The van der Waals surface area contributed by atoms with Crippen LogP contribution in [0.3, 0.4) is 0 Å². The van der Waals surface area contributed by atoms with Crippen molar-refractivity contribution >= 4 is 11.9 Å². The molecule has 4 nitrogen and oxygen atoms in total. The smallest absolute Gasteiger partial charge is 0.545 e. The summed E-state index contributed by atoms with van der Waals surface area (Å²) in [5, 5.41) is 18.3. The van der Waals surface area contributed by atoms with Crippen LogP contribution >= 0.6 is 0 Å². The van der Waals surface area contributed by atoms with E-state index in [-0.39, 0.29) is 41.7 Å². The van der Waals surface area contributed by atoms with Crippen molar-refractivity contribution in [3.8, 4) is 0 Å². The molecule has 5 heteroatoms. The van der Waals surface area contributed by atoms with Gasteiger partial charge in [-0.3, -0.25) is 0 Å². The first-order chi connectivity index (χ1) is 4.54. The third-order valence-electron chi connectivity index (χ3n) is 0.333. The van der Waals surface area contributed by atoms with Gasteiger partial charge in [-0.2, -0.15) is 0 Å². The van der Waals surface area contributed by atoms with Crippen molar-refractivity contribution in [3.63, 3.8) is 0 Å². The van der Waals surface area contributed by atoms with E-state index in [4.69, 9.17) is 19.8 Å². The quantitative estimate of drug-likeness (QED) is 0.541. The van der Waals surface area contributed by atoms with Crippen LogP contribution in [-0.4, -0.2) is 11.9 Å². The van der Waals surface area contributed by atoms with E-state index in [1.54, 1.807) is 0 Å². The molecule has 0 aliphatic carbocycles. The van der Waals surface area contributed by atoms with Crippen molar-refractivity contribution in [1.29, 1.82) is 0 Å². The summed E-state index contributed by atoms with van der Waals surface area (Å²) < 4.78 is 0. The topological polar surface area (TPSA) is 80.3 Å². The van der Waals surface area contributed by atoms with Gasteiger partial charge in [-0.15, -0.1) is 0 Å². The Morgan fingerprint density at radius 3 is 1.09 bits per heavy atom. The van der Waals surface area contributed by atoms with Gasteiger partial charge in [0.05, 0.1) is 11.9 Å². The molecule has 0 aromatic rings. The van der Waals surface area contributed by atoms with E-state index in [0.717, 1.165) is 12.2 Å².